The fraction of sp³-hybridized carbons (Fsp3) is 0.364. The van der Waals surface area contributed by atoms with Gasteiger partial charge in [0.05, 0.1) is 18.8 Å². The first-order chi connectivity index (χ1) is 15.0. The number of hydrogen-bond acceptors (Lipinski definition) is 6. The number of likely N-dealkylation sites (tertiary alicyclic amines) is 1. The van der Waals surface area contributed by atoms with Gasteiger partial charge in [0.1, 0.15) is 15.7 Å². The van der Waals surface area contributed by atoms with Crippen molar-refractivity contribution in [3.8, 4) is 0 Å². The molecule has 1 aromatic heterocycles. The molecule has 8 nitrogen and oxygen atoms in total. The average Bonchev–Trinajstić information content (AvgIpc) is 3.16. The third kappa shape index (κ3) is 5.28. The molecular formula is C22H27ClN6O2S. The van der Waals surface area contributed by atoms with Crippen LogP contribution in [0.2, 0.25) is 5.02 Å². The molecule has 5 N–H and O–H groups in total. The van der Waals surface area contributed by atoms with Crippen LogP contribution in [0.1, 0.15) is 46.6 Å². The second-order valence-corrected chi connectivity index (χ2v) is 10.1. The number of amides is 2. The number of nitrogens with one attached hydrogen (secondary N) is 1. The quantitative estimate of drug-likeness (QED) is 0.257. The molecule has 0 unspecified atom stereocenters. The number of aliphatic imine (C=N–C) groups is 1. The van der Waals surface area contributed by atoms with Gasteiger partial charge in [-0.1, -0.05) is 39.0 Å². The largest absolute Gasteiger partial charge is 0.398 e. The van der Waals surface area contributed by atoms with E-state index in [4.69, 9.17) is 23.1 Å². The molecule has 2 heterocycles. The normalized spacial score (nSPS) is 14.8. The van der Waals surface area contributed by atoms with Crippen LogP contribution >= 0.6 is 22.9 Å². The van der Waals surface area contributed by atoms with Crippen LogP contribution in [-0.2, 0) is 16.8 Å². The van der Waals surface area contributed by atoms with Crippen LogP contribution in [-0.4, -0.2) is 46.7 Å². The van der Waals surface area contributed by atoms with Crippen molar-refractivity contribution in [1.82, 2.24) is 15.2 Å². The highest BCUT2D eigenvalue weighted by Crippen LogP contribution is 2.33. The van der Waals surface area contributed by atoms with Crippen LogP contribution in [0.3, 0.4) is 0 Å². The van der Waals surface area contributed by atoms with E-state index in [9.17, 15) is 9.59 Å². The summed E-state index contributed by atoms with van der Waals surface area (Å²) in [6.45, 7) is 10.8. The van der Waals surface area contributed by atoms with E-state index in [1.165, 1.54) is 23.6 Å². The Balaban J connectivity index is 1.64. The van der Waals surface area contributed by atoms with E-state index in [0.29, 0.717) is 39.2 Å². The molecule has 0 atom stereocenters. The van der Waals surface area contributed by atoms with Gasteiger partial charge >= 0.3 is 0 Å². The molecule has 0 bridgehead atoms. The number of rotatable bonds is 6. The minimum Gasteiger partial charge on any atom is -0.398 e. The molecule has 0 spiro atoms. The zero-order chi connectivity index (χ0) is 23.6. The van der Waals surface area contributed by atoms with E-state index in [0.717, 1.165) is 5.56 Å². The minimum absolute atomic E-state index is 0.0736. The molecule has 1 aliphatic rings. The molecule has 170 valence electrons. The SMILES string of the molecule is C=CC(=O)N1CC(NC(=O)c2cnc(CN=C(N)c3cc(C(C)(C)C)c(Cl)cc3N)s2)C1. The van der Waals surface area contributed by atoms with Crippen molar-refractivity contribution in [2.75, 3.05) is 18.8 Å². The van der Waals surface area contributed by atoms with Crippen LogP contribution in [0.5, 0.6) is 0 Å². The number of thiazole rings is 1. The van der Waals surface area contributed by atoms with E-state index < -0.39 is 0 Å². The first kappa shape index (κ1) is 23.7. The van der Waals surface area contributed by atoms with Crippen molar-refractivity contribution in [3.63, 3.8) is 0 Å². The number of nitrogen functional groups attached to an aromatic ring is 1. The Morgan fingerprint density at radius 3 is 2.72 bits per heavy atom. The summed E-state index contributed by atoms with van der Waals surface area (Å²) in [6.07, 6.45) is 2.78. The zero-order valence-electron chi connectivity index (χ0n) is 18.3. The summed E-state index contributed by atoms with van der Waals surface area (Å²) < 4.78 is 0. The first-order valence-electron chi connectivity index (χ1n) is 10.1. The number of aromatic nitrogens is 1. The second-order valence-electron chi connectivity index (χ2n) is 8.61. The van der Waals surface area contributed by atoms with Gasteiger partial charge in [-0.3, -0.25) is 14.6 Å². The standard InChI is InChI=1S/C22H27ClN6O2S/c1-5-19(30)29-10-12(11-29)28-21(31)17-8-26-18(32-17)9-27-20(25)13-6-14(22(2,3)4)15(23)7-16(13)24/h5-8,12H,1,9-11,24H2,2-4H3,(H2,25,27)(H,28,31). The number of amidine groups is 1. The van der Waals surface area contributed by atoms with E-state index in [1.54, 1.807) is 11.0 Å². The van der Waals surface area contributed by atoms with Gasteiger partial charge in [-0.05, 0) is 29.2 Å². The summed E-state index contributed by atoms with van der Waals surface area (Å²) in [5, 5.41) is 4.13. The Bertz CT molecular complexity index is 1080. The molecule has 0 radical (unpaired) electrons. The predicted octanol–water partition coefficient (Wildman–Crippen LogP) is 2.71. The van der Waals surface area contributed by atoms with Gasteiger partial charge in [-0.15, -0.1) is 11.3 Å². The minimum atomic E-state index is -0.224. The fourth-order valence-corrected chi connectivity index (χ4v) is 4.45. The summed E-state index contributed by atoms with van der Waals surface area (Å²) in [5.41, 5.74) is 14.1. The lowest BCUT2D eigenvalue weighted by Gasteiger charge is -2.38. The fourth-order valence-electron chi connectivity index (χ4n) is 3.25. The van der Waals surface area contributed by atoms with E-state index in [-0.39, 0.29) is 35.7 Å². The van der Waals surface area contributed by atoms with Crippen molar-refractivity contribution < 1.29 is 9.59 Å². The molecule has 1 fully saturated rings. The summed E-state index contributed by atoms with van der Waals surface area (Å²) in [5.74, 6) is -0.0764. The lowest BCUT2D eigenvalue weighted by molar-refractivity contribution is -0.130. The smallest absolute Gasteiger partial charge is 0.263 e. The van der Waals surface area contributed by atoms with Gasteiger partial charge in [0.25, 0.3) is 5.91 Å². The third-order valence-corrected chi connectivity index (χ3v) is 6.38. The highest BCUT2D eigenvalue weighted by atomic mass is 35.5. The number of hydrogen-bond donors (Lipinski definition) is 3. The second kappa shape index (κ2) is 9.30. The van der Waals surface area contributed by atoms with Crippen molar-refractivity contribution in [2.45, 2.75) is 38.8 Å². The van der Waals surface area contributed by atoms with Gasteiger partial charge in [0.2, 0.25) is 5.91 Å². The summed E-state index contributed by atoms with van der Waals surface area (Å²) >= 11 is 7.59. The maximum Gasteiger partial charge on any atom is 0.263 e. The number of nitrogens with two attached hydrogens (primary N) is 2. The molecular weight excluding hydrogens is 448 g/mol. The molecule has 32 heavy (non-hydrogen) atoms. The molecule has 1 saturated heterocycles. The number of carbonyl (C=O) groups is 2. The van der Waals surface area contributed by atoms with Gasteiger partial charge in [-0.25, -0.2) is 4.98 Å². The highest BCUT2D eigenvalue weighted by molar-refractivity contribution is 7.13. The number of carbonyl (C=O) groups excluding carboxylic acids is 2. The molecule has 1 aliphatic heterocycles. The molecule has 3 rings (SSSR count). The molecule has 10 heteroatoms. The Morgan fingerprint density at radius 1 is 1.41 bits per heavy atom. The first-order valence-corrected chi connectivity index (χ1v) is 11.3. The molecule has 0 saturated carbocycles. The van der Waals surface area contributed by atoms with Crippen LogP contribution in [0.15, 0.2) is 36.0 Å². The van der Waals surface area contributed by atoms with Gasteiger partial charge < -0.3 is 21.7 Å². The van der Waals surface area contributed by atoms with Crippen molar-refractivity contribution in [2.24, 2.45) is 10.7 Å². The lowest BCUT2D eigenvalue weighted by atomic mass is 9.85. The topological polar surface area (TPSA) is 127 Å². The third-order valence-electron chi connectivity index (χ3n) is 5.09. The number of anilines is 1. The van der Waals surface area contributed by atoms with E-state index >= 15 is 0 Å². The van der Waals surface area contributed by atoms with E-state index in [2.05, 4.69) is 42.6 Å². The van der Waals surface area contributed by atoms with Gasteiger partial charge in [-0.2, -0.15) is 0 Å². The number of nitrogens with zero attached hydrogens (tertiary/aromatic N) is 3. The Hall–Kier alpha value is -2.91. The summed E-state index contributed by atoms with van der Waals surface area (Å²) in [4.78, 5) is 34.7. The van der Waals surface area contributed by atoms with E-state index in [1.807, 2.05) is 6.07 Å². The maximum atomic E-state index is 12.4. The van der Waals surface area contributed by atoms with Crippen molar-refractivity contribution in [1.29, 1.82) is 0 Å². The van der Waals surface area contributed by atoms with Crippen LogP contribution in [0, 0.1) is 0 Å². The Morgan fingerprint density at radius 2 is 2.09 bits per heavy atom. The van der Waals surface area contributed by atoms with Gasteiger partial charge in [0, 0.05) is 29.4 Å². The number of halogens is 1. The Kier molecular flexibility index (Phi) is 6.90. The average molecular weight is 475 g/mol. The van der Waals surface area contributed by atoms with Crippen molar-refractivity contribution >= 4 is 46.3 Å². The Labute approximate surface area is 196 Å². The predicted molar refractivity (Wildman–Crippen MR) is 129 cm³/mol. The highest BCUT2D eigenvalue weighted by Gasteiger charge is 2.31. The molecule has 2 amide bonds. The molecule has 1 aromatic carbocycles. The maximum absolute atomic E-state index is 12.4. The van der Waals surface area contributed by atoms with Gasteiger partial charge in [0.15, 0.2) is 0 Å². The monoisotopic (exact) mass is 474 g/mol. The summed E-state index contributed by atoms with van der Waals surface area (Å²) in [6, 6.07) is 3.49. The number of benzene rings is 1. The lowest BCUT2D eigenvalue weighted by Crippen LogP contribution is -2.60. The molecule has 2 aromatic rings. The van der Waals surface area contributed by atoms with Crippen LogP contribution in [0.4, 0.5) is 5.69 Å². The van der Waals surface area contributed by atoms with Crippen LogP contribution < -0.4 is 16.8 Å². The zero-order valence-corrected chi connectivity index (χ0v) is 19.9. The van der Waals surface area contributed by atoms with Crippen molar-refractivity contribution in [3.05, 3.63) is 57.0 Å². The molecule has 0 aliphatic carbocycles. The van der Waals surface area contributed by atoms with Crippen LogP contribution in [0.25, 0.3) is 0 Å². The summed E-state index contributed by atoms with van der Waals surface area (Å²) in [7, 11) is 0.